The average Bonchev–Trinajstić information content (AvgIpc) is 2.75. The van der Waals surface area contributed by atoms with Crippen molar-refractivity contribution >= 4 is 11.5 Å². The Hall–Kier alpha value is -2.86. The summed E-state index contributed by atoms with van der Waals surface area (Å²) in [6, 6.07) is 17.8. The standard InChI is InChI=1S/C19H15NO2.C7H16/c1-2-22-19(21)17(12-20)18-15-9-5-3-7-13(15)11-14-8-4-6-10-16(14)18;1-3-5-7-6-4-2/h3-10H,2,11H2,1H3;3-7H2,1-2H3. The highest BCUT2D eigenvalue weighted by Gasteiger charge is 2.26. The molecule has 0 atom stereocenters. The number of fused-ring (bicyclic) bond motifs is 2. The van der Waals surface area contributed by atoms with Gasteiger partial charge in [-0.25, -0.2) is 4.79 Å². The van der Waals surface area contributed by atoms with Crippen molar-refractivity contribution in [2.75, 3.05) is 6.61 Å². The van der Waals surface area contributed by atoms with Gasteiger partial charge in [-0.3, -0.25) is 0 Å². The normalized spacial score (nSPS) is 11.3. The molecule has 0 saturated carbocycles. The number of ether oxygens (including phenoxy) is 1. The largest absolute Gasteiger partial charge is 0.462 e. The zero-order valence-corrected chi connectivity index (χ0v) is 17.8. The van der Waals surface area contributed by atoms with Gasteiger partial charge in [-0.15, -0.1) is 0 Å². The van der Waals surface area contributed by atoms with Crippen LogP contribution in [0.15, 0.2) is 54.1 Å². The number of carbonyl (C=O) groups is 1. The van der Waals surface area contributed by atoms with Gasteiger partial charge in [0.1, 0.15) is 11.6 Å². The fourth-order valence-electron chi connectivity index (χ4n) is 3.54. The predicted molar refractivity (Wildman–Crippen MR) is 118 cm³/mol. The first-order valence-corrected chi connectivity index (χ1v) is 10.7. The second kappa shape index (κ2) is 11.9. The molecule has 0 radical (unpaired) electrons. The third-order valence-corrected chi connectivity index (χ3v) is 5.00. The molecular weight excluding hydrogens is 358 g/mol. The van der Waals surface area contributed by atoms with E-state index in [1.807, 2.05) is 54.6 Å². The Morgan fingerprint density at radius 1 is 0.897 bits per heavy atom. The van der Waals surface area contributed by atoms with Crippen molar-refractivity contribution in [1.82, 2.24) is 0 Å². The van der Waals surface area contributed by atoms with Crippen LogP contribution in [-0.4, -0.2) is 12.6 Å². The lowest BCUT2D eigenvalue weighted by molar-refractivity contribution is -0.137. The lowest BCUT2D eigenvalue weighted by Crippen LogP contribution is -2.14. The summed E-state index contributed by atoms with van der Waals surface area (Å²) in [5.74, 6) is -0.563. The molecular formula is C26H31NO2. The van der Waals surface area contributed by atoms with Gasteiger partial charge in [0.15, 0.2) is 0 Å². The number of carbonyl (C=O) groups excluding carboxylic acids is 1. The second-order valence-corrected chi connectivity index (χ2v) is 7.13. The third kappa shape index (κ3) is 5.81. The number of esters is 1. The van der Waals surface area contributed by atoms with Gasteiger partial charge in [0, 0.05) is 5.57 Å². The monoisotopic (exact) mass is 389 g/mol. The molecule has 0 heterocycles. The van der Waals surface area contributed by atoms with Crippen LogP contribution in [0.2, 0.25) is 0 Å². The van der Waals surface area contributed by atoms with Gasteiger partial charge in [-0.2, -0.15) is 5.26 Å². The zero-order valence-electron chi connectivity index (χ0n) is 17.8. The minimum absolute atomic E-state index is 0.0708. The fraction of sp³-hybridized carbons (Fsp3) is 0.385. The molecule has 0 bridgehead atoms. The fourth-order valence-corrected chi connectivity index (χ4v) is 3.54. The molecule has 2 aromatic rings. The molecule has 3 rings (SSSR count). The van der Waals surface area contributed by atoms with E-state index in [-0.39, 0.29) is 12.2 Å². The van der Waals surface area contributed by atoms with Crippen LogP contribution in [0.4, 0.5) is 0 Å². The molecule has 29 heavy (non-hydrogen) atoms. The number of nitriles is 1. The van der Waals surface area contributed by atoms with Gasteiger partial charge in [-0.05, 0) is 35.6 Å². The highest BCUT2D eigenvalue weighted by atomic mass is 16.5. The smallest absolute Gasteiger partial charge is 0.349 e. The molecule has 0 aliphatic heterocycles. The van der Waals surface area contributed by atoms with E-state index in [1.54, 1.807) is 6.92 Å². The molecule has 152 valence electrons. The molecule has 0 amide bonds. The summed E-state index contributed by atoms with van der Waals surface area (Å²) in [6.45, 7) is 6.48. The number of rotatable bonds is 6. The molecule has 0 unspecified atom stereocenters. The van der Waals surface area contributed by atoms with Crippen LogP contribution in [0.3, 0.4) is 0 Å². The molecule has 3 nitrogen and oxygen atoms in total. The molecule has 2 aromatic carbocycles. The highest BCUT2D eigenvalue weighted by molar-refractivity contribution is 6.06. The second-order valence-electron chi connectivity index (χ2n) is 7.13. The van der Waals surface area contributed by atoms with Crippen molar-refractivity contribution in [2.45, 2.75) is 59.3 Å². The zero-order chi connectivity index (χ0) is 21.1. The van der Waals surface area contributed by atoms with Crippen LogP contribution in [0.5, 0.6) is 0 Å². The van der Waals surface area contributed by atoms with Crippen LogP contribution in [0.25, 0.3) is 5.57 Å². The number of hydrogen-bond donors (Lipinski definition) is 0. The van der Waals surface area contributed by atoms with Gasteiger partial charge >= 0.3 is 5.97 Å². The summed E-state index contributed by atoms with van der Waals surface area (Å²) >= 11 is 0. The number of nitrogens with zero attached hydrogens (tertiary/aromatic N) is 1. The van der Waals surface area contributed by atoms with E-state index in [2.05, 4.69) is 13.8 Å². The quantitative estimate of drug-likeness (QED) is 0.210. The lowest BCUT2D eigenvalue weighted by atomic mass is 9.80. The lowest BCUT2D eigenvalue weighted by Gasteiger charge is -2.23. The Kier molecular flexibility index (Phi) is 9.18. The average molecular weight is 390 g/mol. The third-order valence-electron chi connectivity index (χ3n) is 5.00. The Labute approximate surface area is 175 Å². The summed E-state index contributed by atoms with van der Waals surface area (Å²) in [7, 11) is 0. The van der Waals surface area contributed by atoms with Gasteiger partial charge in [0.25, 0.3) is 0 Å². The molecule has 0 N–H and O–H groups in total. The first-order chi connectivity index (χ1) is 14.2. The molecule has 3 heteroatoms. The molecule has 0 spiro atoms. The summed E-state index contributed by atoms with van der Waals surface area (Å²) < 4.78 is 5.06. The Morgan fingerprint density at radius 3 is 1.86 bits per heavy atom. The first-order valence-electron chi connectivity index (χ1n) is 10.7. The summed E-state index contributed by atoms with van der Waals surface area (Å²) in [6.07, 6.45) is 7.81. The molecule has 1 aliphatic rings. The number of hydrogen-bond acceptors (Lipinski definition) is 3. The Morgan fingerprint density at radius 2 is 1.41 bits per heavy atom. The minimum atomic E-state index is -0.563. The highest BCUT2D eigenvalue weighted by Crippen LogP contribution is 2.37. The SMILES string of the molecule is CCCCCCC.CCOC(=O)C(C#N)=C1c2ccccc2Cc2ccccc21. The molecule has 1 aliphatic carbocycles. The first kappa shape index (κ1) is 22.4. The van der Waals surface area contributed by atoms with Crippen molar-refractivity contribution < 1.29 is 9.53 Å². The Balaban J connectivity index is 0.000000370. The van der Waals surface area contributed by atoms with Crippen LogP contribution >= 0.6 is 0 Å². The van der Waals surface area contributed by atoms with E-state index in [4.69, 9.17) is 4.74 Å². The van der Waals surface area contributed by atoms with E-state index >= 15 is 0 Å². The van der Waals surface area contributed by atoms with Crippen LogP contribution in [-0.2, 0) is 16.0 Å². The van der Waals surface area contributed by atoms with Crippen LogP contribution < -0.4 is 0 Å². The van der Waals surface area contributed by atoms with Crippen LogP contribution in [0.1, 0.15) is 75.1 Å². The maximum Gasteiger partial charge on any atom is 0.349 e. The van der Waals surface area contributed by atoms with E-state index in [9.17, 15) is 10.1 Å². The van der Waals surface area contributed by atoms with Gasteiger partial charge in [0.2, 0.25) is 0 Å². The van der Waals surface area contributed by atoms with E-state index in [0.29, 0.717) is 5.57 Å². The van der Waals surface area contributed by atoms with Crippen molar-refractivity contribution in [3.63, 3.8) is 0 Å². The van der Waals surface area contributed by atoms with Crippen molar-refractivity contribution in [1.29, 1.82) is 5.26 Å². The van der Waals surface area contributed by atoms with E-state index in [0.717, 1.165) is 28.7 Å². The van der Waals surface area contributed by atoms with E-state index < -0.39 is 5.97 Å². The van der Waals surface area contributed by atoms with Crippen LogP contribution in [0, 0.1) is 11.3 Å². The summed E-state index contributed by atoms with van der Waals surface area (Å²) in [5.41, 5.74) is 4.86. The van der Waals surface area contributed by atoms with Crippen molar-refractivity contribution in [3.05, 3.63) is 76.4 Å². The topological polar surface area (TPSA) is 50.1 Å². The van der Waals surface area contributed by atoms with Crippen molar-refractivity contribution in [3.8, 4) is 6.07 Å². The molecule has 0 fully saturated rings. The number of benzene rings is 2. The van der Waals surface area contributed by atoms with E-state index in [1.165, 1.54) is 32.1 Å². The molecule has 0 aromatic heterocycles. The summed E-state index contributed by atoms with van der Waals surface area (Å²) in [5, 5.41) is 9.52. The number of unbranched alkanes of at least 4 members (excludes halogenated alkanes) is 4. The predicted octanol–water partition coefficient (Wildman–Crippen LogP) is 6.46. The molecule has 0 saturated heterocycles. The summed E-state index contributed by atoms with van der Waals surface area (Å²) in [4.78, 5) is 12.2. The van der Waals surface area contributed by atoms with Crippen molar-refractivity contribution in [2.24, 2.45) is 0 Å². The van der Waals surface area contributed by atoms with Gasteiger partial charge in [-0.1, -0.05) is 94.5 Å². The minimum Gasteiger partial charge on any atom is -0.462 e. The van der Waals surface area contributed by atoms with Gasteiger partial charge < -0.3 is 4.74 Å². The maximum absolute atomic E-state index is 12.2. The maximum atomic E-state index is 12.2. The Bertz CT molecular complexity index is 838. The van der Waals surface area contributed by atoms with Gasteiger partial charge in [0.05, 0.1) is 6.61 Å².